The Kier molecular flexibility index (Phi) is 7.37. The fraction of sp³-hybridized carbons (Fsp3) is 0.471. The number of nitrogens with zero attached hydrogens (tertiary/aromatic N) is 2. The van der Waals surface area contributed by atoms with Crippen LogP contribution in [-0.4, -0.2) is 35.6 Å². The van der Waals surface area contributed by atoms with Gasteiger partial charge in [0.25, 0.3) is 0 Å². The summed E-state index contributed by atoms with van der Waals surface area (Å²) >= 11 is 11.3. The van der Waals surface area contributed by atoms with Crippen LogP contribution in [0.15, 0.2) is 30.6 Å². The van der Waals surface area contributed by atoms with Gasteiger partial charge in [0.2, 0.25) is 0 Å². The minimum atomic E-state index is 0.310. The molecule has 3 rings (SSSR count). The molecule has 1 N–H and O–H groups in total. The molecule has 0 saturated carbocycles. The van der Waals surface area contributed by atoms with Crippen LogP contribution in [0.1, 0.15) is 17.5 Å². The molecule has 0 bridgehead atoms. The second kappa shape index (κ2) is 9.28. The van der Waals surface area contributed by atoms with Gasteiger partial charge in [-0.15, -0.1) is 0 Å². The van der Waals surface area contributed by atoms with Gasteiger partial charge in [-0.2, -0.15) is 5.10 Å². The highest BCUT2D eigenvalue weighted by molar-refractivity contribution is 6.41. The van der Waals surface area contributed by atoms with Gasteiger partial charge in [0.05, 0.1) is 35.5 Å². The Bertz CT molecular complexity index is 608. The number of nitrogens with one attached hydrogen (secondary N) is 1. The summed E-state index contributed by atoms with van der Waals surface area (Å²) in [5.41, 5.74) is 2.33. The third-order valence-electron chi connectivity index (χ3n) is 3.50. The summed E-state index contributed by atoms with van der Waals surface area (Å²) in [6.07, 6.45) is 5.32. The van der Waals surface area contributed by atoms with Crippen LogP contribution in [-0.2, 0) is 11.3 Å². The number of aromatic nitrogens is 2. The highest BCUT2D eigenvalue weighted by atomic mass is 35.5. The zero-order valence-corrected chi connectivity index (χ0v) is 15.1. The average molecular weight is 356 g/mol. The van der Waals surface area contributed by atoms with E-state index < -0.39 is 0 Å². The van der Waals surface area contributed by atoms with E-state index in [1.807, 2.05) is 29.9 Å². The van der Waals surface area contributed by atoms with E-state index in [1.54, 1.807) is 6.07 Å². The number of hydrogen-bond acceptors (Lipinski definition) is 3. The molecule has 2 heterocycles. The molecule has 0 unspecified atom stereocenters. The Hall–Kier alpha value is -1.07. The first-order chi connectivity index (χ1) is 11.0. The van der Waals surface area contributed by atoms with Gasteiger partial charge < -0.3 is 10.1 Å². The molecule has 0 aliphatic carbocycles. The Morgan fingerprint density at radius 2 is 2.04 bits per heavy atom. The first kappa shape index (κ1) is 18.3. The fourth-order valence-corrected chi connectivity index (χ4v) is 2.64. The van der Waals surface area contributed by atoms with Crippen LogP contribution in [0.3, 0.4) is 0 Å². The summed E-state index contributed by atoms with van der Waals surface area (Å²) in [5, 5.41) is 8.81. The number of benzene rings is 1. The molecule has 1 aliphatic heterocycles. The van der Waals surface area contributed by atoms with Crippen molar-refractivity contribution in [2.24, 2.45) is 0 Å². The zero-order valence-electron chi connectivity index (χ0n) is 13.6. The third kappa shape index (κ3) is 6.51. The summed E-state index contributed by atoms with van der Waals surface area (Å²) in [7, 11) is 0. The second-order valence-electron chi connectivity index (χ2n) is 5.69. The van der Waals surface area contributed by atoms with Gasteiger partial charge in [0, 0.05) is 12.7 Å². The van der Waals surface area contributed by atoms with Crippen LogP contribution < -0.4 is 5.32 Å². The number of ether oxygens (including phenoxy) is 1. The SMILES string of the molecule is Cc1ccc(Cl)c(Cl)c1.Cc1cnn(C[C@H]2CCNCCO2)c1. The van der Waals surface area contributed by atoms with Gasteiger partial charge in [-0.3, -0.25) is 4.68 Å². The smallest absolute Gasteiger partial charge is 0.0783 e. The minimum absolute atomic E-state index is 0.310. The normalized spacial score (nSPS) is 18.0. The molecule has 1 aromatic heterocycles. The molecular weight excluding hydrogens is 333 g/mol. The largest absolute Gasteiger partial charge is 0.375 e. The van der Waals surface area contributed by atoms with Crippen LogP contribution in [0.4, 0.5) is 0 Å². The van der Waals surface area contributed by atoms with Crippen molar-refractivity contribution in [3.05, 3.63) is 51.8 Å². The van der Waals surface area contributed by atoms with Crippen LogP contribution in [0.2, 0.25) is 10.0 Å². The second-order valence-corrected chi connectivity index (χ2v) is 6.50. The maximum Gasteiger partial charge on any atom is 0.0783 e. The molecule has 1 saturated heterocycles. The topological polar surface area (TPSA) is 39.1 Å². The number of rotatable bonds is 2. The van der Waals surface area contributed by atoms with E-state index in [4.69, 9.17) is 27.9 Å². The van der Waals surface area contributed by atoms with E-state index in [9.17, 15) is 0 Å². The van der Waals surface area contributed by atoms with Crippen LogP contribution in [0.5, 0.6) is 0 Å². The molecule has 6 heteroatoms. The van der Waals surface area contributed by atoms with Crippen molar-refractivity contribution in [1.82, 2.24) is 15.1 Å². The van der Waals surface area contributed by atoms with Gasteiger partial charge in [-0.25, -0.2) is 0 Å². The van der Waals surface area contributed by atoms with Crippen LogP contribution in [0, 0.1) is 13.8 Å². The lowest BCUT2D eigenvalue weighted by molar-refractivity contribution is 0.0499. The Morgan fingerprint density at radius 1 is 1.22 bits per heavy atom. The van der Waals surface area contributed by atoms with Gasteiger partial charge in [-0.05, 0) is 50.1 Å². The van der Waals surface area contributed by atoms with Gasteiger partial charge >= 0.3 is 0 Å². The number of halogens is 2. The molecule has 23 heavy (non-hydrogen) atoms. The number of hydrogen-bond donors (Lipinski definition) is 1. The zero-order chi connectivity index (χ0) is 16.7. The van der Waals surface area contributed by atoms with Crippen LogP contribution in [0.25, 0.3) is 0 Å². The summed E-state index contributed by atoms with van der Waals surface area (Å²) in [5.74, 6) is 0. The Morgan fingerprint density at radius 3 is 2.70 bits per heavy atom. The molecule has 1 atom stereocenters. The molecule has 1 aromatic carbocycles. The van der Waals surface area contributed by atoms with Crippen molar-refractivity contribution < 1.29 is 4.74 Å². The average Bonchev–Trinajstić information content (AvgIpc) is 2.76. The van der Waals surface area contributed by atoms with E-state index in [-0.39, 0.29) is 0 Å². The summed E-state index contributed by atoms with van der Waals surface area (Å²) in [4.78, 5) is 0. The van der Waals surface area contributed by atoms with Crippen molar-refractivity contribution in [2.45, 2.75) is 32.9 Å². The Balaban J connectivity index is 0.000000185. The lowest BCUT2D eigenvalue weighted by Gasteiger charge is -2.13. The summed E-state index contributed by atoms with van der Waals surface area (Å²) < 4.78 is 7.66. The van der Waals surface area contributed by atoms with Gasteiger partial charge in [-0.1, -0.05) is 29.3 Å². The van der Waals surface area contributed by atoms with Gasteiger partial charge in [0.15, 0.2) is 0 Å². The van der Waals surface area contributed by atoms with Crippen molar-refractivity contribution in [1.29, 1.82) is 0 Å². The van der Waals surface area contributed by atoms with Gasteiger partial charge in [0.1, 0.15) is 0 Å². The molecule has 0 amide bonds. The molecule has 1 aliphatic rings. The summed E-state index contributed by atoms with van der Waals surface area (Å²) in [6.45, 7) is 7.72. The van der Waals surface area contributed by atoms with Crippen LogP contribution >= 0.6 is 23.2 Å². The predicted molar refractivity (Wildman–Crippen MR) is 95.4 cm³/mol. The molecule has 126 valence electrons. The van der Waals surface area contributed by atoms with E-state index in [1.165, 1.54) is 5.56 Å². The first-order valence-electron chi connectivity index (χ1n) is 7.77. The van der Waals surface area contributed by atoms with E-state index in [0.717, 1.165) is 38.2 Å². The molecule has 1 fully saturated rings. The van der Waals surface area contributed by atoms with Crippen molar-refractivity contribution in [3.8, 4) is 0 Å². The molecule has 0 radical (unpaired) electrons. The number of aryl methyl sites for hydroxylation is 2. The highest BCUT2D eigenvalue weighted by Gasteiger charge is 2.12. The van der Waals surface area contributed by atoms with Crippen molar-refractivity contribution in [2.75, 3.05) is 19.7 Å². The van der Waals surface area contributed by atoms with Crippen molar-refractivity contribution in [3.63, 3.8) is 0 Å². The first-order valence-corrected chi connectivity index (χ1v) is 8.53. The fourth-order valence-electron chi connectivity index (χ4n) is 2.29. The predicted octanol–water partition coefficient (Wildman–Crippen LogP) is 3.87. The molecule has 4 nitrogen and oxygen atoms in total. The van der Waals surface area contributed by atoms with E-state index in [0.29, 0.717) is 16.1 Å². The standard InChI is InChI=1S/C10H17N3O.C7H6Cl2/c1-9-6-12-13(7-9)8-10-2-3-11-4-5-14-10;1-5-2-3-6(8)7(9)4-5/h6-7,10-11H,2-5,8H2,1H3;2-4H,1H3/t10-;/m1./s1. The molecule has 2 aromatic rings. The summed E-state index contributed by atoms with van der Waals surface area (Å²) in [6, 6.07) is 5.55. The van der Waals surface area contributed by atoms with E-state index in [2.05, 4.69) is 23.5 Å². The van der Waals surface area contributed by atoms with E-state index >= 15 is 0 Å². The van der Waals surface area contributed by atoms with Crippen molar-refractivity contribution >= 4 is 23.2 Å². The lowest BCUT2D eigenvalue weighted by atomic mass is 10.2. The molecule has 0 spiro atoms. The maximum absolute atomic E-state index is 5.69. The lowest BCUT2D eigenvalue weighted by Crippen LogP contribution is -2.21. The molecular formula is C17H23Cl2N3O. The monoisotopic (exact) mass is 355 g/mol. The Labute approximate surface area is 147 Å². The maximum atomic E-state index is 5.69. The third-order valence-corrected chi connectivity index (χ3v) is 4.24. The highest BCUT2D eigenvalue weighted by Crippen LogP contribution is 2.21. The quantitative estimate of drug-likeness (QED) is 0.888. The minimum Gasteiger partial charge on any atom is -0.375 e.